The second-order valence-corrected chi connectivity index (χ2v) is 4.48. The maximum absolute atomic E-state index is 11.1. The highest BCUT2D eigenvalue weighted by Crippen LogP contribution is 2.27. The van der Waals surface area contributed by atoms with Crippen LogP contribution < -0.4 is 11.5 Å². The average molecular weight is 245 g/mol. The largest absolute Gasteiger partial charge is 0.397 e. The lowest BCUT2D eigenvalue weighted by Gasteiger charge is -2.04. The summed E-state index contributed by atoms with van der Waals surface area (Å²) < 4.78 is 0. The first-order valence-corrected chi connectivity index (χ1v) is 5.76. The highest BCUT2D eigenvalue weighted by Gasteiger charge is 2.08. The van der Waals surface area contributed by atoms with E-state index >= 15 is 0 Å². The van der Waals surface area contributed by atoms with Gasteiger partial charge >= 0.3 is 0 Å². The van der Waals surface area contributed by atoms with E-state index in [1.165, 1.54) is 18.0 Å². The predicted molar refractivity (Wildman–Crippen MR) is 67.7 cm³/mol. The summed E-state index contributed by atoms with van der Waals surface area (Å²) in [4.78, 5) is 16.3. The highest BCUT2D eigenvalue weighted by molar-refractivity contribution is 7.99. The van der Waals surface area contributed by atoms with E-state index < -0.39 is 5.91 Å². The van der Waals surface area contributed by atoms with Crippen LogP contribution in [0.3, 0.4) is 0 Å². The monoisotopic (exact) mass is 245 g/mol. The third-order valence-corrected chi connectivity index (χ3v) is 3.08. The van der Waals surface area contributed by atoms with Crippen molar-refractivity contribution >= 4 is 23.4 Å². The smallest absolute Gasteiger partial charge is 0.250 e. The maximum Gasteiger partial charge on any atom is 0.250 e. The van der Waals surface area contributed by atoms with Gasteiger partial charge in [-0.3, -0.25) is 4.79 Å². The number of benzene rings is 1. The third-order valence-electron chi connectivity index (χ3n) is 2.14. The standard InChI is InChI=1S/C12H11N3OS/c13-10-7-15-11(6-9(10)12(14)16)17-8-4-2-1-3-5-8/h1-7H,13H2,(H2,14,16). The van der Waals surface area contributed by atoms with Gasteiger partial charge in [0.1, 0.15) is 5.03 Å². The van der Waals surface area contributed by atoms with Gasteiger partial charge in [0.15, 0.2) is 0 Å². The van der Waals surface area contributed by atoms with Crippen molar-refractivity contribution in [3.8, 4) is 0 Å². The van der Waals surface area contributed by atoms with Gasteiger partial charge in [0, 0.05) is 4.90 Å². The summed E-state index contributed by atoms with van der Waals surface area (Å²) in [6, 6.07) is 11.4. The van der Waals surface area contributed by atoms with Gasteiger partial charge in [0.05, 0.1) is 17.4 Å². The minimum absolute atomic E-state index is 0.301. The topological polar surface area (TPSA) is 82.0 Å². The molecule has 1 amide bonds. The molecular weight excluding hydrogens is 234 g/mol. The fraction of sp³-hybridized carbons (Fsp3) is 0. The Hall–Kier alpha value is -2.01. The number of carbonyl (C=O) groups is 1. The Morgan fingerprint density at radius 3 is 2.59 bits per heavy atom. The molecule has 0 radical (unpaired) electrons. The zero-order valence-electron chi connectivity index (χ0n) is 8.96. The van der Waals surface area contributed by atoms with Crippen LogP contribution >= 0.6 is 11.8 Å². The minimum Gasteiger partial charge on any atom is -0.397 e. The van der Waals surface area contributed by atoms with Crippen LogP contribution in [-0.2, 0) is 0 Å². The van der Waals surface area contributed by atoms with E-state index in [1.807, 2.05) is 30.3 Å². The SMILES string of the molecule is NC(=O)c1cc(Sc2ccccc2)ncc1N. The second-order valence-electron chi connectivity index (χ2n) is 3.39. The van der Waals surface area contributed by atoms with Crippen LogP contribution in [0.5, 0.6) is 0 Å². The van der Waals surface area contributed by atoms with E-state index in [4.69, 9.17) is 11.5 Å². The van der Waals surface area contributed by atoms with E-state index in [2.05, 4.69) is 4.98 Å². The molecule has 2 aromatic rings. The summed E-state index contributed by atoms with van der Waals surface area (Å²) in [6.45, 7) is 0. The zero-order chi connectivity index (χ0) is 12.3. The first-order valence-electron chi connectivity index (χ1n) is 4.95. The molecule has 0 saturated carbocycles. The van der Waals surface area contributed by atoms with Crippen molar-refractivity contribution in [3.63, 3.8) is 0 Å². The van der Waals surface area contributed by atoms with Gasteiger partial charge in [-0.2, -0.15) is 0 Å². The van der Waals surface area contributed by atoms with Crippen molar-refractivity contribution in [1.82, 2.24) is 4.98 Å². The molecule has 0 aliphatic carbocycles. The molecule has 1 heterocycles. The third kappa shape index (κ3) is 2.76. The number of rotatable bonds is 3. The Bertz CT molecular complexity index is 543. The Morgan fingerprint density at radius 1 is 1.24 bits per heavy atom. The lowest BCUT2D eigenvalue weighted by molar-refractivity contribution is 0.100. The molecule has 0 fully saturated rings. The number of nitrogens with zero attached hydrogens (tertiary/aromatic N) is 1. The summed E-state index contributed by atoms with van der Waals surface area (Å²) in [7, 11) is 0. The van der Waals surface area contributed by atoms with Crippen LogP contribution in [0.15, 0.2) is 52.5 Å². The number of nitrogens with two attached hydrogens (primary N) is 2. The van der Waals surface area contributed by atoms with E-state index in [1.54, 1.807) is 6.07 Å². The summed E-state index contributed by atoms with van der Waals surface area (Å²) in [5.74, 6) is -0.542. The summed E-state index contributed by atoms with van der Waals surface area (Å²) in [5.41, 5.74) is 11.4. The van der Waals surface area contributed by atoms with Crippen molar-refractivity contribution in [3.05, 3.63) is 48.2 Å². The molecule has 0 saturated heterocycles. The number of amides is 1. The van der Waals surface area contributed by atoms with Crippen molar-refractivity contribution in [2.24, 2.45) is 5.73 Å². The van der Waals surface area contributed by atoms with Crippen LogP contribution in [0, 0.1) is 0 Å². The number of aromatic nitrogens is 1. The van der Waals surface area contributed by atoms with E-state index in [0.717, 1.165) is 4.90 Å². The molecule has 0 atom stereocenters. The molecule has 86 valence electrons. The lowest BCUT2D eigenvalue weighted by atomic mass is 10.2. The van der Waals surface area contributed by atoms with Crippen molar-refractivity contribution in [1.29, 1.82) is 0 Å². The van der Waals surface area contributed by atoms with Gasteiger partial charge < -0.3 is 11.5 Å². The van der Waals surface area contributed by atoms with E-state index in [-0.39, 0.29) is 0 Å². The van der Waals surface area contributed by atoms with Gasteiger partial charge in [-0.05, 0) is 18.2 Å². The molecule has 4 N–H and O–H groups in total. The first-order chi connectivity index (χ1) is 8.16. The maximum atomic E-state index is 11.1. The first kappa shape index (κ1) is 11.5. The summed E-state index contributed by atoms with van der Waals surface area (Å²) in [5, 5.41) is 0.694. The molecule has 0 spiro atoms. The molecule has 17 heavy (non-hydrogen) atoms. The molecule has 4 nitrogen and oxygen atoms in total. The zero-order valence-corrected chi connectivity index (χ0v) is 9.78. The Labute approximate surface area is 103 Å². The number of pyridine rings is 1. The van der Waals surface area contributed by atoms with Crippen LogP contribution in [-0.4, -0.2) is 10.9 Å². The molecule has 1 aromatic heterocycles. The summed E-state index contributed by atoms with van der Waals surface area (Å²) >= 11 is 1.45. The fourth-order valence-corrected chi connectivity index (χ4v) is 2.14. The Morgan fingerprint density at radius 2 is 1.94 bits per heavy atom. The molecule has 1 aromatic carbocycles. The Kier molecular flexibility index (Phi) is 3.30. The Balaban J connectivity index is 2.29. The molecule has 5 heteroatoms. The van der Waals surface area contributed by atoms with E-state index in [9.17, 15) is 4.79 Å². The van der Waals surface area contributed by atoms with Crippen LogP contribution in [0.4, 0.5) is 5.69 Å². The number of anilines is 1. The van der Waals surface area contributed by atoms with E-state index in [0.29, 0.717) is 16.3 Å². The fourth-order valence-electron chi connectivity index (χ4n) is 1.33. The van der Waals surface area contributed by atoms with Crippen LogP contribution in [0.1, 0.15) is 10.4 Å². The predicted octanol–water partition coefficient (Wildman–Crippen LogP) is 1.91. The molecular formula is C12H11N3OS. The van der Waals surface area contributed by atoms with Gasteiger partial charge in [0.25, 0.3) is 5.91 Å². The van der Waals surface area contributed by atoms with Gasteiger partial charge in [-0.25, -0.2) is 4.98 Å². The molecule has 0 unspecified atom stereocenters. The molecule has 2 rings (SSSR count). The quantitative estimate of drug-likeness (QED) is 0.865. The lowest BCUT2D eigenvalue weighted by Crippen LogP contribution is -2.13. The average Bonchev–Trinajstić information content (AvgIpc) is 2.32. The van der Waals surface area contributed by atoms with Gasteiger partial charge in [-0.1, -0.05) is 30.0 Å². The number of nitrogen functional groups attached to an aromatic ring is 1. The van der Waals surface area contributed by atoms with Gasteiger partial charge in [-0.15, -0.1) is 0 Å². The van der Waals surface area contributed by atoms with Crippen LogP contribution in [0.25, 0.3) is 0 Å². The molecule has 0 bridgehead atoms. The second kappa shape index (κ2) is 4.88. The summed E-state index contributed by atoms with van der Waals surface area (Å²) in [6.07, 6.45) is 1.45. The van der Waals surface area contributed by atoms with Gasteiger partial charge in [0.2, 0.25) is 0 Å². The minimum atomic E-state index is -0.542. The molecule has 0 aliphatic rings. The molecule has 0 aliphatic heterocycles. The van der Waals surface area contributed by atoms with Crippen LogP contribution in [0.2, 0.25) is 0 Å². The number of carbonyl (C=O) groups excluding carboxylic acids is 1. The van der Waals surface area contributed by atoms with Crippen molar-refractivity contribution in [2.75, 3.05) is 5.73 Å². The number of hydrogen-bond acceptors (Lipinski definition) is 4. The van der Waals surface area contributed by atoms with Crippen molar-refractivity contribution < 1.29 is 4.79 Å². The normalized spacial score (nSPS) is 10.1. The number of hydrogen-bond donors (Lipinski definition) is 2. The number of primary amides is 1. The highest BCUT2D eigenvalue weighted by atomic mass is 32.2. The van der Waals surface area contributed by atoms with Crippen molar-refractivity contribution in [2.45, 2.75) is 9.92 Å².